The van der Waals surface area contributed by atoms with Gasteiger partial charge in [0.25, 0.3) is 0 Å². The first-order valence-electron chi connectivity index (χ1n) is 12.4. The molecule has 0 saturated carbocycles. The van der Waals surface area contributed by atoms with E-state index in [1.165, 1.54) is 23.1 Å². The second-order valence-electron chi connectivity index (χ2n) is 10.3. The van der Waals surface area contributed by atoms with Gasteiger partial charge >= 0.3 is 0 Å². The molecule has 0 spiro atoms. The number of carbonyl (C=O) groups excluding carboxylic acids is 2. The van der Waals surface area contributed by atoms with Gasteiger partial charge in [0.15, 0.2) is 0 Å². The summed E-state index contributed by atoms with van der Waals surface area (Å²) in [5.41, 5.74) is 0.750. The monoisotopic (exact) mass is 617 g/mol. The Hall–Kier alpha value is -3.24. The molecule has 1 atom stereocenters. The van der Waals surface area contributed by atoms with Crippen LogP contribution in [0.1, 0.15) is 31.9 Å². The zero-order chi connectivity index (χ0) is 28.8. The number of carbonyl (C=O) groups is 2. The summed E-state index contributed by atoms with van der Waals surface area (Å²) >= 11 is 3.40. The van der Waals surface area contributed by atoms with Crippen molar-refractivity contribution in [3.63, 3.8) is 0 Å². The van der Waals surface area contributed by atoms with E-state index in [1.807, 2.05) is 75.4 Å². The van der Waals surface area contributed by atoms with Crippen molar-refractivity contribution in [2.24, 2.45) is 0 Å². The maximum Gasteiger partial charge on any atom is 0.244 e. The Labute approximate surface area is 238 Å². The van der Waals surface area contributed by atoms with E-state index in [0.29, 0.717) is 0 Å². The van der Waals surface area contributed by atoms with Crippen LogP contribution >= 0.6 is 15.9 Å². The fourth-order valence-electron chi connectivity index (χ4n) is 4.04. The third-order valence-corrected chi connectivity index (χ3v) is 7.49. The number of sulfonamides is 1. The van der Waals surface area contributed by atoms with Crippen LogP contribution in [0, 0.1) is 5.82 Å². The molecule has 208 valence electrons. The van der Waals surface area contributed by atoms with Crippen molar-refractivity contribution in [3.8, 4) is 0 Å². The molecule has 3 aromatic carbocycles. The molecule has 3 aromatic rings. The van der Waals surface area contributed by atoms with E-state index >= 15 is 0 Å². The molecule has 7 nitrogen and oxygen atoms in total. The van der Waals surface area contributed by atoms with Crippen LogP contribution in [0.4, 0.5) is 10.1 Å². The van der Waals surface area contributed by atoms with Crippen LogP contribution < -0.4 is 9.62 Å². The van der Waals surface area contributed by atoms with Crippen molar-refractivity contribution in [1.82, 2.24) is 10.2 Å². The Bertz CT molecular complexity index is 1390. The van der Waals surface area contributed by atoms with Gasteiger partial charge in [0.2, 0.25) is 21.8 Å². The average Bonchev–Trinajstić information content (AvgIpc) is 2.85. The largest absolute Gasteiger partial charge is 0.350 e. The fraction of sp³-hybridized carbons (Fsp3) is 0.310. The lowest BCUT2D eigenvalue weighted by Crippen LogP contribution is -2.56. The molecule has 0 saturated heterocycles. The van der Waals surface area contributed by atoms with Gasteiger partial charge in [-0.05, 0) is 56.2 Å². The summed E-state index contributed by atoms with van der Waals surface area (Å²) in [6.07, 6.45) is 1.11. The number of amides is 2. The standard InChI is InChI=1S/C29H33BrFN3O4S/c1-29(2,3)32-28(36)26(18-21-10-6-5-7-11-21)33(19-22-14-16-23(30)17-15-22)27(35)20-34(39(4,37)38)25-13-9-8-12-24(25)31/h5-17,26H,18-20H2,1-4H3,(H,32,36)/t26-/m0/s1. The fourth-order valence-corrected chi connectivity index (χ4v) is 5.16. The summed E-state index contributed by atoms with van der Waals surface area (Å²) < 4.78 is 41.7. The summed E-state index contributed by atoms with van der Waals surface area (Å²) in [6, 6.07) is 20.9. The number of hydrogen-bond donors (Lipinski definition) is 1. The number of nitrogens with zero attached hydrogens (tertiary/aromatic N) is 2. The predicted molar refractivity (Wildman–Crippen MR) is 155 cm³/mol. The first kappa shape index (κ1) is 30.3. The highest BCUT2D eigenvalue weighted by atomic mass is 79.9. The van der Waals surface area contributed by atoms with Gasteiger partial charge in [0, 0.05) is 23.0 Å². The summed E-state index contributed by atoms with van der Waals surface area (Å²) in [4.78, 5) is 29.0. The first-order valence-corrected chi connectivity index (χ1v) is 15.0. The summed E-state index contributed by atoms with van der Waals surface area (Å²) in [6.45, 7) is 4.89. The number of para-hydroxylation sites is 1. The molecule has 0 unspecified atom stereocenters. The van der Waals surface area contributed by atoms with Gasteiger partial charge in [0.05, 0.1) is 11.9 Å². The normalized spacial score (nSPS) is 12.5. The van der Waals surface area contributed by atoms with E-state index in [9.17, 15) is 22.4 Å². The van der Waals surface area contributed by atoms with Gasteiger partial charge in [-0.15, -0.1) is 0 Å². The molecule has 1 N–H and O–H groups in total. The molecular formula is C29H33BrFN3O4S. The lowest BCUT2D eigenvalue weighted by atomic mass is 10.0. The highest BCUT2D eigenvalue weighted by Gasteiger charge is 2.34. The van der Waals surface area contributed by atoms with Crippen molar-refractivity contribution in [2.45, 2.75) is 45.3 Å². The molecular weight excluding hydrogens is 585 g/mol. The van der Waals surface area contributed by atoms with Crippen LogP contribution in [-0.4, -0.2) is 49.5 Å². The highest BCUT2D eigenvalue weighted by Crippen LogP contribution is 2.23. The van der Waals surface area contributed by atoms with E-state index in [4.69, 9.17) is 0 Å². The average molecular weight is 619 g/mol. The van der Waals surface area contributed by atoms with Crippen molar-refractivity contribution in [1.29, 1.82) is 0 Å². The van der Waals surface area contributed by atoms with Gasteiger partial charge in [0.1, 0.15) is 18.4 Å². The predicted octanol–water partition coefficient (Wildman–Crippen LogP) is 4.91. The molecule has 0 heterocycles. The number of nitrogens with one attached hydrogen (secondary N) is 1. The summed E-state index contributed by atoms with van der Waals surface area (Å²) in [7, 11) is -4.04. The third kappa shape index (κ3) is 8.90. The van der Waals surface area contributed by atoms with E-state index in [2.05, 4.69) is 21.2 Å². The number of rotatable bonds is 10. The zero-order valence-corrected chi connectivity index (χ0v) is 24.8. The Morgan fingerprint density at radius 2 is 1.51 bits per heavy atom. The van der Waals surface area contributed by atoms with E-state index < -0.39 is 39.9 Å². The molecule has 0 aromatic heterocycles. The van der Waals surface area contributed by atoms with Crippen molar-refractivity contribution in [2.75, 3.05) is 17.1 Å². The number of hydrogen-bond acceptors (Lipinski definition) is 4. The summed E-state index contributed by atoms with van der Waals surface area (Å²) in [5, 5.41) is 2.96. The quantitative estimate of drug-likeness (QED) is 0.350. The lowest BCUT2D eigenvalue weighted by Gasteiger charge is -2.35. The van der Waals surface area contributed by atoms with Crippen LogP contribution in [0.15, 0.2) is 83.3 Å². The number of halogens is 2. The number of anilines is 1. The Kier molecular flexibility index (Phi) is 9.90. The van der Waals surface area contributed by atoms with Gasteiger partial charge < -0.3 is 10.2 Å². The third-order valence-electron chi connectivity index (χ3n) is 5.84. The van der Waals surface area contributed by atoms with Crippen molar-refractivity contribution < 1.29 is 22.4 Å². The van der Waals surface area contributed by atoms with Gasteiger partial charge in [-0.2, -0.15) is 0 Å². The smallest absolute Gasteiger partial charge is 0.244 e. The van der Waals surface area contributed by atoms with Crippen LogP contribution in [0.25, 0.3) is 0 Å². The summed E-state index contributed by atoms with van der Waals surface area (Å²) in [5.74, 6) is -1.80. The maximum atomic E-state index is 14.7. The second-order valence-corrected chi connectivity index (χ2v) is 13.1. The SMILES string of the molecule is CC(C)(C)NC(=O)[C@H](Cc1ccccc1)N(Cc1ccc(Br)cc1)C(=O)CN(c1ccccc1F)S(C)(=O)=O. The van der Waals surface area contributed by atoms with E-state index in [-0.39, 0.29) is 24.6 Å². The molecule has 3 rings (SSSR count). The first-order chi connectivity index (χ1) is 18.2. The molecule has 0 radical (unpaired) electrons. The van der Waals surface area contributed by atoms with Crippen molar-refractivity contribution >= 4 is 43.5 Å². The minimum Gasteiger partial charge on any atom is -0.350 e. The molecule has 0 aliphatic rings. The van der Waals surface area contributed by atoms with Gasteiger partial charge in [-0.1, -0.05) is 70.5 Å². The molecule has 0 aliphatic heterocycles. The molecule has 0 aliphatic carbocycles. The molecule has 39 heavy (non-hydrogen) atoms. The van der Waals surface area contributed by atoms with Crippen molar-refractivity contribution in [3.05, 3.63) is 100 Å². The van der Waals surface area contributed by atoms with Crippen LogP contribution in [0.5, 0.6) is 0 Å². The topological polar surface area (TPSA) is 86.8 Å². The maximum absolute atomic E-state index is 14.7. The van der Waals surface area contributed by atoms with Crippen LogP contribution in [0.3, 0.4) is 0 Å². The Morgan fingerprint density at radius 3 is 2.08 bits per heavy atom. The zero-order valence-electron chi connectivity index (χ0n) is 22.4. The Balaban J connectivity index is 2.08. The highest BCUT2D eigenvalue weighted by molar-refractivity contribution is 9.10. The Morgan fingerprint density at radius 1 is 0.923 bits per heavy atom. The molecule has 0 fully saturated rings. The lowest BCUT2D eigenvalue weighted by molar-refractivity contribution is -0.140. The molecule has 10 heteroatoms. The van der Waals surface area contributed by atoms with Gasteiger partial charge in [-0.3, -0.25) is 13.9 Å². The van der Waals surface area contributed by atoms with E-state index in [0.717, 1.165) is 32.2 Å². The minimum absolute atomic E-state index is 0.0377. The second kappa shape index (κ2) is 12.7. The van der Waals surface area contributed by atoms with Crippen LogP contribution in [-0.2, 0) is 32.6 Å². The minimum atomic E-state index is -4.04. The van der Waals surface area contributed by atoms with Crippen LogP contribution in [0.2, 0.25) is 0 Å². The van der Waals surface area contributed by atoms with E-state index in [1.54, 1.807) is 0 Å². The molecule has 2 amide bonds. The molecule has 0 bridgehead atoms. The number of benzene rings is 3. The van der Waals surface area contributed by atoms with Gasteiger partial charge in [-0.25, -0.2) is 12.8 Å².